The molecule has 30 heavy (non-hydrogen) atoms. The number of amides is 2. The van der Waals surface area contributed by atoms with E-state index in [2.05, 4.69) is 15.6 Å². The van der Waals surface area contributed by atoms with Crippen molar-refractivity contribution in [3.05, 3.63) is 84.1 Å². The first kappa shape index (κ1) is 19.5. The summed E-state index contributed by atoms with van der Waals surface area (Å²) in [6, 6.07) is 21.6. The van der Waals surface area contributed by atoms with Crippen LogP contribution in [0, 0.1) is 0 Å². The van der Waals surface area contributed by atoms with Crippen molar-refractivity contribution in [2.75, 3.05) is 17.7 Å². The standard InChI is InChI=1S/C23H18ClN3O3/c1-29-21-12-9-17(24)13-19(21)27-23(28)25-18-10-7-16(8-11-18)22-26-20(14-30-22)15-5-3-2-4-6-15/h2-14H,1H3,(H2,25,27,28). The second-order valence-corrected chi connectivity index (χ2v) is 6.84. The number of urea groups is 1. The summed E-state index contributed by atoms with van der Waals surface area (Å²) >= 11 is 5.99. The van der Waals surface area contributed by atoms with Gasteiger partial charge in [0.2, 0.25) is 5.89 Å². The molecular formula is C23H18ClN3O3. The summed E-state index contributed by atoms with van der Waals surface area (Å²) in [6.45, 7) is 0. The molecule has 0 unspecified atom stereocenters. The van der Waals surface area contributed by atoms with Gasteiger partial charge in [-0.25, -0.2) is 9.78 Å². The molecule has 3 aromatic carbocycles. The van der Waals surface area contributed by atoms with Gasteiger partial charge in [-0.15, -0.1) is 0 Å². The number of nitrogens with zero attached hydrogens (tertiary/aromatic N) is 1. The molecule has 4 aromatic rings. The molecule has 4 rings (SSSR count). The maximum Gasteiger partial charge on any atom is 0.323 e. The van der Waals surface area contributed by atoms with Crippen molar-refractivity contribution in [1.29, 1.82) is 0 Å². The number of halogens is 1. The number of hydrogen-bond donors (Lipinski definition) is 2. The van der Waals surface area contributed by atoms with Crippen molar-refractivity contribution in [1.82, 2.24) is 4.98 Å². The van der Waals surface area contributed by atoms with Gasteiger partial charge in [0.15, 0.2) is 0 Å². The number of anilines is 2. The smallest absolute Gasteiger partial charge is 0.323 e. The lowest BCUT2D eigenvalue weighted by atomic mass is 10.2. The topological polar surface area (TPSA) is 76.4 Å². The van der Waals surface area contributed by atoms with Crippen molar-refractivity contribution in [2.24, 2.45) is 0 Å². The quantitative estimate of drug-likeness (QED) is 0.397. The molecule has 1 heterocycles. The monoisotopic (exact) mass is 419 g/mol. The molecule has 0 bridgehead atoms. The van der Waals surface area contributed by atoms with Gasteiger partial charge in [-0.3, -0.25) is 0 Å². The van der Waals surface area contributed by atoms with Crippen LogP contribution in [-0.2, 0) is 0 Å². The summed E-state index contributed by atoms with van der Waals surface area (Å²) in [4.78, 5) is 16.9. The van der Waals surface area contributed by atoms with Crippen LogP contribution in [0.15, 0.2) is 83.5 Å². The third-order valence-electron chi connectivity index (χ3n) is 4.37. The van der Waals surface area contributed by atoms with Crippen LogP contribution >= 0.6 is 11.6 Å². The van der Waals surface area contributed by atoms with Crippen LogP contribution in [-0.4, -0.2) is 18.1 Å². The second kappa shape index (κ2) is 8.71. The Morgan fingerprint density at radius 2 is 1.73 bits per heavy atom. The molecule has 0 aliphatic heterocycles. The molecule has 0 saturated carbocycles. The van der Waals surface area contributed by atoms with E-state index in [0.29, 0.717) is 28.0 Å². The Hall–Kier alpha value is -3.77. The maximum absolute atomic E-state index is 12.3. The van der Waals surface area contributed by atoms with E-state index in [0.717, 1.165) is 16.8 Å². The van der Waals surface area contributed by atoms with Gasteiger partial charge in [0.25, 0.3) is 0 Å². The Balaban J connectivity index is 1.44. The largest absolute Gasteiger partial charge is 0.495 e. The molecule has 0 atom stereocenters. The van der Waals surface area contributed by atoms with E-state index in [-0.39, 0.29) is 0 Å². The summed E-state index contributed by atoms with van der Waals surface area (Å²) in [7, 11) is 1.52. The summed E-state index contributed by atoms with van der Waals surface area (Å²) in [6.07, 6.45) is 1.63. The van der Waals surface area contributed by atoms with Crippen molar-refractivity contribution in [3.63, 3.8) is 0 Å². The lowest BCUT2D eigenvalue weighted by Crippen LogP contribution is -2.19. The highest BCUT2D eigenvalue weighted by Gasteiger charge is 2.11. The van der Waals surface area contributed by atoms with Gasteiger partial charge in [-0.05, 0) is 42.5 Å². The van der Waals surface area contributed by atoms with Gasteiger partial charge in [0.05, 0.1) is 12.8 Å². The SMILES string of the molecule is COc1ccc(Cl)cc1NC(=O)Nc1ccc(-c2nc(-c3ccccc3)co2)cc1. The van der Waals surface area contributed by atoms with Crippen LogP contribution in [0.25, 0.3) is 22.7 Å². The molecule has 0 radical (unpaired) electrons. The lowest BCUT2D eigenvalue weighted by Gasteiger charge is -2.11. The minimum absolute atomic E-state index is 0.411. The predicted octanol–water partition coefficient (Wildman–Crippen LogP) is 6.31. The zero-order valence-corrected chi connectivity index (χ0v) is 16.8. The second-order valence-electron chi connectivity index (χ2n) is 6.41. The predicted molar refractivity (Wildman–Crippen MR) is 118 cm³/mol. The highest BCUT2D eigenvalue weighted by atomic mass is 35.5. The van der Waals surface area contributed by atoms with E-state index in [1.54, 1.807) is 36.6 Å². The Kier molecular flexibility index (Phi) is 5.68. The number of rotatable bonds is 5. The zero-order valence-electron chi connectivity index (χ0n) is 16.1. The Labute approximate surface area is 178 Å². The fraction of sp³-hybridized carbons (Fsp3) is 0.0435. The minimum atomic E-state index is -0.411. The number of nitrogens with one attached hydrogen (secondary N) is 2. The van der Waals surface area contributed by atoms with Crippen LogP contribution in [0.3, 0.4) is 0 Å². The first-order valence-electron chi connectivity index (χ1n) is 9.15. The van der Waals surface area contributed by atoms with Gasteiger partial charge in [0.1, 0.15) is 17.7 Å². The maximum atomic E-state index is 12.3. The Morgan fingerprint density at radius 1 is 0.967 bits per heavy atom. The number of methoxy groups -OCH3 is 1. The highest BCUT2D eigenvalue weighted by molar-refractivity contribution is 6.31. The van der Waals surface area contributed by atoms with E-state index in [4.69, 9.17) is 20.8 Å². The number of benzene rings is 3. The van der Waals surface area contributed by atoms with Crippen molar-refractivity contribution in [3.8, 4) is 28.5 Å². The van der Waals surface area contributed by atoms with Crippen LogP contribution in [0.5, 0.6) is 5.75 Å². The molecular weight excluding hydrogens is 402 g/mol. The molecule has 6 nitrogen and oxygen atoms in total. The zero-order chi connectivity index (χ0) is 20.9. The third-order valence-corrected chi connectivity index (χ3v) is 4.61. The van der Waals surface area contributed by atoms with E-state index in [9.17, 15) is 4.79 Å². The molecule has 0 fully saturated rings. The van der Waals surface area contributed by atoms with Crippen LogP contribution in [0.2, 0.25) is 5.02 Å². The van der Waals surface area contributed by atoms with E-state index < -0.39 is 6.03 Å². The molecule has 0 saturated heterocycles. The Morgan fingerprint density at radius 3 is 2.47 bits per heavy atom. The Bertz CT molecular complexity index is 1160. The summed E-state index contributed by atoms with van der Waals surface area (Å²) in [5.74, 6) is 1.02. The lowest BCUT2D eigenvalue weighted by molar-refractivity contribution is 0.262. The van der Waals surface area contributed by atoms with Crippen LogP contribution < -0.4 is 15.4 Å². The number of ether oxygens (including phenoxy) is 1. The molecule has 7 heteroatoms. The average molecular weight is 420 g/mol. The van der Waals surface area contributed by atoms with Gasteiger partial charge in [0, 0.05) is 21.8 Å². The van der Waals surface area contributed by atoms with Crippen LogP contribution in [0.4, 0.5) is 16.2 Å². The van der Waals surface area contributed by atoms with Gasteiger partial charge in [-0.1, -0.05) is 41.9 Å². The van der Waals surface area contributed by atoms with E-state index in [1.807, 2.05) is 42.5 Å². The number of carbonyl (C=O) groups is 1. The summed E-state index contributed by atoms with van der Waals surface area (Å²) in [5, 5.41) is 6.00. The third kappa shape index (κ3) is 4.45. The van der Waals surface area contributed by atoms with Crippen molar-refractivity contribution in [2.45, 2.75) is 0 Å². The molecule has 150 valence electrons. The molecule has 2 N–H and O–H groups in total. The molecule has 1 aromatic heterocycles. The van der Waals surface area contributed by atoms with Gasteiger partial charge < -0.3 is 19.8 Å². The molecule has 0 aliphatic rings. The van der Waals surface area contributed by atoms with E-state index in [1.165, 1.54) is 7.11 Å². The summed E-state index contributed by atoms with van der Waals surface area (Å²) < 4.78 is 10.8. The summed E-state index contributed by atoms with van der Waals surface area (Å²) in [5.41, 5.74) is 3.65. The first-order valence-corrected chi connectivity index (χ1v) is 9.53. The van der Waals surface area contributed by atoms with Crippen molar-refractivity contribution >= 4 is 29.0 Å². The number of carbonyl (C=O) groups excluding carboxylic acids is 1. The molecule has 0 aliphatic carbocycles. The number of oxazole rings is 1. The van der Waals surface area contributed by atoms with Gasteiger partial charge >= 0.3 is 6.03 Å². The number of hydrogen-bond acceptors (Lipinski definition) is 4. The molecule has 2 amide bonds. The number of aromatic nitrogens is 1. The molecule has 0 spiro atoms. The highest BCUT2D eigenvalue weighted by Crippen LogP contribution is 2.28. The first-order chi connectivity index (χ1) is 14.6. The fourth-order valence-electron chi connectivity index (χ4n) is 2.91. The van der Waals surface area contributed by atoms with Crippen molar-refractivity contribution < 1.29 is 13.9 Å². The fourth-order valence-corrected chi connectivity index (χ4v) is 3.08. The normalized spacial score (nSPS) is 10.5. The average Bonchev–Trinajstić information content (AvgIpc) is 3.25. The minimum Gasteiger partial charge on any atom is -0.495 e. The van der Waals surface area contributed by atoms with Gasteiger partial charge in [-0.2, -0.15) is 0 Å². The van der Waals surface area contributed by atoms with Crippen LogP contribution in [0.1, 0.15) is 0 Å². The van der Waals surface area contributed by atoms with E-state index >= 15 is 0 Å².